The average Bonchev–Trinajstić information content (AvgIpc) is 3.16. The molecule has 0 saturated carbocycles. The van der Waals surface area contributed by atoms with E-state index < -0.39 is 0 Å². The summed E-state index contributed by atoms with van der Waals surface area (Å²) in [5.41, 5.74) is 2.52. The van der Waals surface area contributed by atoms with Gasteiger partial charge in [0, 0.05) is 31.1 Å². The van der Waals surface area contributed by atoms with Gasteiger partial charge in [-0.15, -0.1) is 0 Å². The molecule has 0 radical (unpaired) electrons. The van der Waals surface area contributed by atoms with Gasteiger partial charge in [0.05, 0.1) is 25.4 Å². The van der Waals surface area contributed by atoms with E-state index in [0.29, 0.717) is 25.3 Å². The van der Waals surface area contributed by atoms with Crippen LogP contribution in [0.3, 0.4) is 0 Å². The van der Waals surface area contributed by atoms with E-state index >= 15 is 0 Å². The minimum absolute atomic E-state index is 0.0212. The number of methoxy groups -OCH3 is 1. The number of amides is 1. The molecular formula is C21H26N4O3. The minimum atomic E-state index is -0.0626. The van der Waals surface area contributed by atoms with Crippen LogP contribution >= 0.6 is 0 Å². The van der Waals surface area contributed by atoms with E-state index in [1.54, 1.807) is 18.9 Å². The van der Waals surface area contributed by atoms with Crippen LogP contribution in [-0.4, -0.2) is 45.9 Å². The van der Waals surface area contributed by atoms with E-state index in [2.05, 4.69) is 16.0 Å². The second-order valence-electron chi connectivity index (χ2n) is 7.51. The summed E-state index contributed by atoms with van der Waals surface area (Å²) in [6.07, 6.45) is 2.57. The second kappa shape index (κ2) is 7.75. The number of para-hydroxylation sites is 1. The molecule has 148 valence electrons. The third-order valence-corrected chi connectivity index (χ3v) is 5.78. The maximum absolute atomic E-state index is 12.6. The Hall–Kier alpha value is -2.67. The highest BCUT2D eigenvalue weighted by Crippen LogP contribution is 2.33. The molecule has 1 amide bonds. The van der Waals surface area contributed by atoms with Crippen LogP contribution in [0.5, 0.6) is 5.75 Å². The third kappa shape index (κ3) is 3.54. The number of fused-ring (bicyclic) bond motifs is 1. The largest absolute Gasteiger partial charge is 0.496 e. The first kappa shape index (κ1) is 18.7. The molecule has 28 heavy (non-hydrogen) atoms. The number of aromatic nitrogens is 2. The predicted octanol–water partition coefficient (Wildman–Crippen LogP) is 2.02. The van der Waals surface area contributed by atoms with Gasteiger partial charge in [-0.2, -0.15) is 0 Å². The van der Waals surface area contributed by atoms with Crippen LogP contribution in [0, 0.1) is 0 Å². The van der Waals surface area contributed by atoms with E-state index in [1.807, 2.05) is 18.2 Å². The molecular weight excluding hydrogens is 356 g/mol. The van der Waals surface area contributed by atoms with Crippen LogP contribution in [0.2, 0.25) is 0 Å². The summed E-state index contributed by atoms with van der Waals surface area (Å²) in [5, 5.41) is 0. The van der Waals surface area contributed by atoms with Crippen molar-refractivity contribution in [2.45, 2.75) is 45.3 Å². The summed E-state index contributed by atoms with van der Waals surface area (Å²) in [7, 11) is 1.68. The fourth-order valence-corrected chi connectivity index (χ4v) is 4.26. The number of ether oxygens (including phenoxy) is 1. The van der Waals surface area contributed by atoms with Gasteiger partial charge in [-0.3, -0.25) is 14.5 Å². The summed E-state index contributed by atoms with van der Waals surface area (Å²) in [6.45, 7) is 4.25. The predicted molar refractivity (Wildman–Crippen MR) is 105 cm³/mol. The topological polar surface area (TPSA) is 78.5 Å². The highest BCUT2D eigenvalue weighted by molar-refractivity contribution is 5.73. The van der Waals surface area contributed by atoms with Crippen molar-refractivity contribution in [3.8, 4) is 5.75 Å². The number of nitrogens with one attached hydrogen (secondary N) is 1. The number of nitrogens with zero attached hydrogens (tertiary/aromatic N) is 3. The van der Waals surface area contributed by atoms with Crippen molar-refractivity contribution >= 4 is 5.91 Å². The molecule has 7 heteroatoms. The smallest absolute Gasteiger partial charge is 0.254 e. The maximum atomic E-state index is 12.6. The molecule has 1 saturated heterocycles. The van der Waals surface area contributed by atoms with Crippen molar-refractivity contribution in [2.24, 2.45) is 0 Å². The second-order valence-corrected chi connectivity index (χ2v) is 7.51. The van der Waals surface area contributed by atoms with Gasteiger partial charge in [-0.05, 0) is 31.9 Å². The van der Waals surface area contributed by atoms with Gasteiger partial charge in [-0.1, -0.05) is 18.2 Å². The zero-order chi connectivity index (χ0) is 19.7. The number of likely N-dealkylation sites (tertiary alicyclic amines) is 1. The Morgan fingerprint density at radius 2 is 2.14 bits per heavy atom. The van der Waals surface area contributed by atoms with Crippen LogP contribution in [0.15, 0.2) is 29.1 Å². The molecule has 2 aliphatic rings. The van der Waals surface area contributed by atoms with Crippen LogP contribution in [0.4, 0.5) is 0 Å². The van der Waals surface area contributed by atoms with Gasteiger partial charge >= 0.3 is 0 Å². The lowest BCUT2D eigenvalue weighted by Crippen LogP contribution is -2.39. The Labute approximate surface area is 164 Å². The molecule has 0 spiro atoms. The maximum Gasteiger partial charge on any atom is 0.254 e. The molecule has 1 atom stereocenters. The summed E-state index contributed by atoms with van der Waals surface area (Å²) in [5.74, 6) is 1.60. The molecule has 7 nitrogen and oxygen atoms in total. The van der Waals surface area contributed by atoms with Crippen molar-refractivity contribution in [1.82, 2.24) is 19.8 Å². The van der Waals surface area contributed by atoms with Crippen LogP contribution in [-0.2, 0) is 24.3 Å². The quantitative estimate of drug-likeness (QED) is 0.875. The number of hydrogen-bond acceptors (Lipinski definition) is 5. The monoisotopic (exact) mass is 382 g/mol. The molecule has 1 aromatic heterocycles. The first-order valence-corrected chi connectivity index (χ1v) is 9.80. The first-order valence-electron chi connectivity index (χ1n) is 9.80. The van der Waals surface area contributed by atoms with Gasteiger partial charge in [0.1, 0.15) is 11.6 Å². The van der Waals surface area contributed by atoms with E-state index in [-0.39, 0.29) is 17.5 Å². The molecule has 4 rings (SSSR count). The Balaban J connectivity index is 1.61. The number of aromatic amines is 1. The zero-order valence-corrected chi connectivity index (χ0v) is 16.4. The Kier molecular flexibility index (Phi) is 5.17. The molecule has 0 bridgehead atoms. The summed E-state index contributed by atoms with van der Waals surface area (Å²) >= 11 is 0. The number of carbonyl (C=O) groups is 1. The highest BCUT2D eigenvalue weighted by Gasteiger charge is 2.31. The molecule has 2 aromatic rings. The number of rotatable bonds is 4. The number of H-pyrrole nitrogens is 1. The van der Waals surface area contributed by atoms with Crippen molar-refractivity contribution in [3.05, 3.63) is 57.3 Å². The summed E-state index contributed by atoms with van der Waals surface area (Å²) in [4.78, 5) is 36.3. The van der Waals surface area contributed by atoms with E-state index in [1.165, 1.54) is 0 Å². The molecule has 3 heterocycles. The molecule has 1 unspecified atom stereocenters. The zero-order valence-electron chi connectivity index (χ0n) is 16.4. The molecule has 1 aromatic carbocycles. The Morgan fingerprint density at radius 1 is 1.32 bits per heavy atom. The normalized spacial score (nSPS) is 19.5. The molecule has 1 fully saturated rings. The van der Waals surface area contributed by atoms with Crippen LogP contribution < -0.4 is 10.3 Å². The van der Waals surface area contributed by atoms with Crippen molar-refractivity contribution < 1.29 is 9.53 Å². The standard InChI is InChI=1S/C21H26N4O3/c1-14(26)24-11-9-16-17(13-24)22-20(23-21(16)27)18-7-5-10-25(18)12-15-6-3-4-8-19(15)28-2/h3-4,6,8,18H,5,7,9-13H2,1-2H3,(H,22,23,27). The third-order valence-electron chi connectivity index (χ3n) is 5.78. The first-order chi connectivity index (χ1) is 13.6. The van der Waals surface area contributed by atoms with Crippen LogP contribution in [0.25, 0.3) is 0 Å². The lowest BCUT2D eigenvalue weighted by Gasteiger charge is -2.29. The SMILES string of the molecule is COc1ccccc1CN1CCCC1c1nc2c(c(=O)[nH]1)CCN(C(C)=O)C2. The molecule has 1 N–H and O–H groups in total. The Bertz CT molecular complexity index is 939. The lowest BCUT2D eigenvalue weighted by atomic mass is 10.1. The number of carbonyl (C=O) groups excluding carboxylic acids is 1. The van der Waals surface area contributed by atoms with Gasteiger partial charge in [0.2, 0.25) is 5.91 Å². The van der Waals surface area contributed by atoms with E-state index in [9.17, 15) is 9.59 Å². The molecule has 0 aliphatic carbocycles. The van der Waals surface area contributed by atoms with Gasteiger partial charge in [-0.25, -0.2) is 4.98 Å². The lowest BCUT2D eigenvalue weighted by molar-refractivity contribution is -0.129. The van der Waals surface area contributed by atoms with Crippen molar-refractivity contribution in [1.29, 1.82) is 0 Å². The van der Waals surface area contributed by atoms with Crippen LogP contribution in [0.1, 0.15) is 48.5 Å². The Morgan fingerprint density at radius 3 is 2.93 bits per heavy atom. The van der Waals surface area contributed by atoms with Crippen molar-refractivity contribution in [3.63, 3.8) is 0 Å². The van der Waals surface area contributed by atoms with Gasteiger partial charge < -0.3 is 14.6 Å². The fourth-order valence-electron chi connectivity index (χ4n) is 4.26. The molecule has 2 aliphatic heterocycles. The average molecular weight is 382 g/mol. The number of benzene rings is 1. The summed E-state index contributed by atoms with van der Waals surface area (Å²) < 4.78 is 5.49. The van der Waals surface area contributed by atoms with Gasteiger partial charge in [0.15, 0.2) is 0 Å². The summed E-state index contributed by atoms with van der Waals surface area (Å²) in [6, 6.07) is 8.08. The number of hydrogen-bond donors (Lipinski definition) is 1. The van der Waals surface area contributed by atoms with Crippen molar-refractivity contribution in [2.75, 3.05) is 20.2 Å². The van der Waals surface area contributed by atoms with E-state index in [4.69, 9.17) is 9.72 Å². The van der Waals surface area contributed by atoms with E-state index in [0.717, 1.165) is 48.5 Å². The van der Waals surface area contributed by atoms with Gasteiger partial charge in [0.25, 0.3) is 5.56 Å². The minimum Gasteiger partial charge on any atom is -0.496 e. The highest BCUT2D eigenvalue weighted by atomic mass is 16.5. The fraction of sp³-hybridized carbons (Fsp3) is 0.476.